The molecule has 1 aromatic heterocycles. The van der Waals surface area contributed by atoms with E-state index in [0.29, 0.717) is 29.7 Å². The molecule has 1 amide bonds. The number of nitrogens with one attached hydrogen (secondary N) is 2. The Bertz CT molecular complexity index is 1010. The first kappa shape index (κ1) is 19.2. The fourth-order valence-corrected chi connectivity index (χ4v) is 2.51. The number of carbonyl (C=O) groups is 1. The normalized spacial score (nSPS) is 10.4. The largest absolute Gasteiger partial charge is 0.492 e. The number of rotatable bonds is 6. The molecule has 0 aliphatic heterocycles. The van der Waals surface area contributed by atoms with Gasteiger partial charge in [-0.15, -0.1) is 0 Å². The number of hydrogen-bond acceptors (Lipinski definition) is 5. The molecule has 3 rings (SSSR count). The quantitative estimate of drug-likeness (QED) is 0.656. The Morgan fingerprint density at radius 2 is 1.86 bits per heavy atom. The van der Waals surface area contributed by atoms with Gasteiger partial charge in [0, 0.05) is 17.8 Å². The van der Waals surface area contributed by atoms with E-state index in [0.717, 1.165) is 12.1 Å². The van der Waals surface area contributed by atoms with Crippen LogP contribution < -0.4 is 15.4 Å². The van der Waals surface area contributed by atoms with Crippen LogP contribution >= 0.6 is 0 Å². The molecule has 8 heteroatoms. The molecule has 3 aromatic rings. The Kier molecular flexibility index (Phi) is 5.78. The van der Waals surface area contributed by atoms with Gasteiger partial charge in [-0.1, -0.05) is 12.1 Å². The number of amides is 1. The molecule has 0 unspecified atom stereocenters. The van der Waals surface area contributed by atoms with Gasteiger partial charge in [0.25, 0.3) is 5.91 Å². The maximum absolute atomic E-state index is 13.3. The summed E-state index contributed by atoms with van der Waals surface area (Å²) in [5, 5.41) is 5.60. The number of anilines is 3. The van der Waals surface area contributed by atoms with Crippen molar-refractivity contribution in [2.24, 2.45) is 0 Å². The highest BCUT2D eigenvalue weighted by Crippen LogP contribution is 2.27. The number of carbonyl (C=O) groups excluding carboxylic acids is 1. The number of aromatic nitrogens is 2. The zero-order valence-corrected chi connectivity index (χ0v) is 15.3. The van der Waals surface area contributed by atoms with E-state index in [1.54, 1.807) is 6.92 Å². The Labute approximate surface area is 160 Å². The van der Waals surface area contributed by atoms with E-state index in [1.165, 1.54) is 12.1 Å². The summed E-state index contributed by atoms with van der Waals surface area (Å²) in [5.41, 5.74) is 0.888. The number of hydrogen-bond donors (Lipinski definition) is 2. The van der Waals surface area contributed by atoms with Gasteiger partial charge >= 0.3 is 0 Å². The van der Waals surface area contributed by atoms with Crippen LogP contribution in [0.15, 0.2) is 48.5 Å². The minimum absolute atomic E-state index is 0.0774. The summed E-state index contributed by atoms with van der Waals surface area (Å²) in [7, 11) is 0. The van der Waals surface area contributed by atoms with Gasteiger partial charge in [-0.05, 0) is 38.1 Å². The van der Waals surface area contributed by atoms with Crippen LogP contribution in [0.25, 0.3) is 0 Å². The number of para-hydroxylation sites is 2. The summed E-state index contributed by atoms with van der Waals surface area (Å²) in [4.78, 5) is 20.9. The lowest BCUT2D eigenvalue weighted by Crippen LogP contribution is -2.15. The lowest BCUT2D eigenvalue weighted by molar-refractivity contribution is 0.102. The number of ether oxygens (including phenoxy) is 1. The summed E-state index contributed by atoms with van der Waals surface area (Å²) < 4.78 is 31.9. The van der Waals surface area contributed by atoms with E-state index >= 15 is 0 Å². The van der Waals surface area contributed by atoms with Crippen LogP contribution in [-0.4, -0.2) is 22.5 Å². The van der Waals surface area contributed by atoms with E-state index < -0.39 is 17.5 Å². The summed E-state index contributed by atoms with van der Waals surface area (Å²) >= 11 is 0. The minimum Gasteiger partial charge on any atom is -0.492 e. The second kappa shape index (κ2) is 8.43. The Morgan fingerprint density at radius 3 is 2.61 bits per heavy atom. The van der Waals surface area contributed by atoms with Crippen molar-refractivity contribution in [3.63, 3.8) is 0 Å². The molecule has 0 bridgehead atoms. The second-order valence-corrected chi connectivity index (χ2v) is 5.82. The number of nitrogens with zero attached hydrogens (tertiary/aromatic N) is 2. The van der Waals surface area contributed by atoms with E-state index in [9.17, 15) is 13.6 Å². The van der Waals surface area contributed by atoms with Crippen molar-refractivity contribution >= 4 is 23.1 Å². The molecule has 0 aliphatic rings. The molecule has 6 nitrogen and oxygen atoms in total. The molecule has 144 valence electrons. The van der Waals surface area contributed by atoms with E-state index in [1.807, 2.05) is 31.2 Å². The average Bonchev–Trinajstić information content (AvgIpc) is 2.66. The minimum atomic E-state index is -1.05. The van der Waals surface area contributed by atoms with Crippen LogP contribution in [0.2, 0.25) is 0 Å². The monoisotopic (exact) mass is 384 g/mol. The Morgan fingerprint density at radius 1 is 1.07 bits per heavy atom. The van der Waals surface area contributed by atoms with E-state index in [4.69, 9.17) is 4.74 Å². The van der Waals surface area contributed by atoms with Gasteiger partial charge in [0.2, 0.25) is 0 Å². The standard InChI is InChI=1S/C20H18F2N4O2/c1-3-28-18-7-5-4-6-16(18)26-19-11-17(23-12(2)24-19)20(27)25-13-8-9-14(21)15(22)10-13/h4-11H,3H2,1-2H3,(H,25,27)(H,23,24,26). The second-order valence-electron chi connectivity index (χ2n) is 5.82. The number of aryl methyl sites for hydroxylation is 1. The maximum atomic E-state index is 13.3. The van der Waals surface area contributed by atoms with E-state index in [-0.39, 0.29) is 11.4 Å². The summed E-state index contributed by atoms with van der Waals surface area (Å²) in [6, 6.07) is 11.9. The fraction of sp³-hybridized carbons (Fsp3) is 0.150. The third-order valence-corrected chi connectivity index (χ3v) is 3.70. The lowest BCUT2D eigenvalue weighted by atomic mass is 10.2. The molecule has 0 atom stereocenters. The molecule has 0 aliphatic carbocycles. The summed E-state index contributed by atoms with van der Waals surface area (Å²) in [5.74, 6) is -1.20. The van der Waals surface area contributed by atoms with Crippen molar-refractivity contribution in [3.05, 3.63) is 71.7 Å². The first-order chi connectivity index (χ1) is 13.5. The molecule has 1 heterocycles. The van der Waals surface area contributed by atoms with Crippen LogP contribution in [-0.2, 0) is 0 Å². The van der Waals surface area contributed by atoms with Crippen molar-refractivity contribution in [2.45, 2.75) is 13.8 Å². The molecule has 0 saturated heterocycles. The molecular formula is C20H18F2N4O2. The molecule has 2 N–H and O–H groups in total. The summed E-state index contributed by atoms with van der Waals surface area (Å²) in [6.07, 6.45) is 0. The van der Waals surface area contributed by atoms with Crippen LogP contribution in [0.1, 0.15) is 23.2 Å². The highest BCUT2D eigenvalue weighted by molar-refractivity contribution is 6.03. The van der Waals surface area contributed by atoms with E-state index in [2.05, 4.69) is 20.6 Å². The lowest BCUT2D eigenvalue weighted by Gasteiger charge is -2.13. The Hall–Kier alpha value is -3.55. The van der Waals surface area contributed by atoms with Gasteiger partial charge in [-0.25, -0.2) is 18.7 Å². The predicted octanol–water partition coefficient (Wildman–Crippen LogP) is 4.46. The van der Waals surface area contributed by atoms with Crippen molar-refractivity contribution in [2.75, 3.05) is 17.2 Å². The molecule has 0 spiro atoms. The SMILES string of the molecule is CCOc1ccccc1Nc1cc(C(=O)Nc2ccc(F)c(F)c2)nc(C)n1. The van der Waals surface area contributed by atoms with Gasteiger partial charge in [0.05, 0.1) is 12.3 Å². The molecule has 0 saturated carbocycles. The summed E-state index contributed by atoms with van der Waals surface area (Å²) in [6.45, 7) is 4.03. The zero-order valence-electron chi connectivity index (χ0n) is 15.3. The van der Waals surface area contributed by atoms with Crippen LogP contribution in [0.5, 0.6) is 5.75 Å². The number of halogens is 2. The first-order valence-corrected chi connectivity index (χ1v) is 8.57. The average molecular weight is 384 g/mol. The van der Waals surface area contributed by atoms with Gasteiger partial charge in [0.15, 0.2) is 11.6 Å². The van der Waals surface area contributed by atoms with Crippen molar-refractivity contribution in [1.82, 2.24) is 9.97 Å². The molecule has 28 heavy (non-hydrogen) atoms. The first-order valence-electron chi connectivity index (χ1n) is 8.57. The van der Waals surface area contributed by atoms with Gasteiger partial charge < -0.3 is 15.4 Å². The highest BCUT2D eigenvalue weighted by atomic mass is 19.2. The maximum Gasteiger partial charge on any atom is 0.274 e. The smallest absolute Gasteiger partial charge is 0.274 e. The molecule has 2 aromatic carbocycles. The number of benzene rings is 2. The fourth-order valence-electron chi connectivity index (χ4n) is 2.51. The van der Waals surface area contributed by atoms with Crippen LogP contribution in [0, 0.1) is 18.6 Å². The van der Waals surface area contributed by atoms with Crippen LogP contribution in [0.3, 0.4) is 0 Å². The van der Waals surface area contributed by atoms with Crippen LogP contribution in [0.4, 0.5) is 26.0 Å². The van der Waals surface area contributed by atoms with Gasteiger partial charge in [0.1, 0.15) is 23.1 Å². The molecule has 0 fully saturated rings. The van der Waals surface area contributed by atoms with Gasteiger partial charge in [-0.3, -0.25) is 4.79 Å². The van der Waals surface area contributed by atoms with Crippen molar-refractivity contribution in [3.8, 4) is 5.75 Å². The molecular weight excluding hydrogens is 366 g/mol. The van der Waals surface area contributed by atoms with Gasteiger partial charge in [-0.2, -0.15) is 0 Å². The predicted molar refractivity (Wildman–Crippen MR) is 102 cm³/mol. The third-order valence-electron chi connectivity index (χ3n) is 3.70. The highest BCUT2D eigenvalue weighted by Gasteiger charge is 2.13. The zero-order chi connectivity index (χ0) is 20.1. The third kappa shape index (κ3) is 4.59. The molecule has 0 radical (unpaired) electrons. The topological polar surface area (TPSA) is 76.1 Å². The van der Waals surface area contributed by atoms with Crippen molar-refractivity contribution in [1.29, 1.82) is 0 Å². The van der Waals surface area contributed by atoms with Crippen molar-refractivity contribution < 1.29 is 18.3 Å². The Balaban J connectivity index is 1.83.